The van der Waals surface area contributed by atoms with Gasteiger partial charge in [0.05, 0.1) is 17.7 Å². The summed E-state index contributed by atoms with van der Waals surface area (Å²) in [6, 6.07) is 8.98. The standard InChI is InChI=1S/C20H25N3O/c1-13(19(24)22-18-4-2-3-14(8-18)12-21)23-20-9-15-5-16(10-20)7-17(6-15)11-20/h2-4,8,13,15-17,23H,5-7,9-11H2,1H3,(H,22,24)/t13-,15?,16?,17?,20?/m1/s1. The highest BCUT2D eigenvalue weighted by molar-refractivity contribution is 5.94. The molecular weight excluding hydrogens is 298 g/mol. The van der Waals surface area contributed by atoms with Crippen molar-refractivity contribution in [2.24, 2.45) is 17.8 Å². The molecule has 5 rings (SSSR count). The van der Waals surface area contributed by atoms with Gasteiger partial charge in [-0.2, -0.15) is 5.26 Å². The van der Waals surface area contributed by atoms with E-state index >= 15 is 0 Å². The van der Waals surface area contributed by atoms with E-state index in [1.54, 1.807) is 18.2 Å². The molecule has 4 heteroatoms. The fraction of sp³-hybridized carbons (Fsp3) is 0.600. The van der Waals surface area contributed by atoms with Crippen LogP contribution in [-0.4, -0.2) is 17.5 Å². The van der Waals surface area contributed by atoms with Gasteiger partial charge in [0.25, 0.3) is 0 Å². The normalized spacial score (nSPS) is 34.6. The van der Waals surface area contributed by atoms with E-state index in [2.05, 4.69) is 16.7 Å². The van der Waals surface area contributed by atoms with Crippen LogP contribution in [0.1, 0.15) is 51.0 Å². The molecule has 0 spiro atoms. The van der Waals surface area contributed by atoms with Crippen molar-refractivity contribution in [3.05, 3.63) is 29.8 Å². The number of carbonyl (C=O) groups excluding carboxylic acids is 1. The third-order valence-corrected chi connectivity index (χ3v) is 6.21. The van der Waals surface area contributed by atoms with Gasteiger partial charge in [0.1, 0.15) is 0 Å². The number of carbonyl (C=O) groups is 1. The maximum atomic E-state index is 12.6. The van der Waals surface area contributed by atoms with E-state index < -0.39 is 0 Å². The molecule has 1 atom stereocenters. The highest BCUT2D eigenvalue weighted by Crippen LogP contribution is 2.55. The third kappa shape index (κ3) is 2.93. The fourth-order valence-electron chi connectivity index (χ4n) is 5.73. The molecule has 0 saturated heterocycles. The lowest BCUT2D eigenvalue weighted by molar-refractivity contribution is -0.119. The summed E-state index contributed by atoms with van der Waals surface area (Å²) >= 11 is 0. The second-order valence-electron chi connectivity index (χ2n) is 8.25. The monoisotopic (exact) mass is 323 g/mol. The minimum absolute atomic E-state index is 0.0131. The zero-order valence-corrected chi connectivity index (χ0v) is 14.2. The summed E-state index contributed by atoms with van der Waals surface area (Å²) in [6.45, 7) is 1.96. The van der Waals surface area contributed by atoms with Crippen molar-refractivity contribution in [3.8, 4) is 6.07 Å². The van der Waals surface area contributed by atoms with Crippen molar-refractivity contribution in [2.45, 2.75) is 57.0 Å². The second-order valence-corrected chi connectivity index (χ2v) is 8.25. The first-order valence-electron chi connectivity index (χ1n) is 9.14. The van der Waals surface area contributed by atoms with Gasteiger partial charge in [0.15, 0.2) is 0 Å². The number of anilines is 1. The highest BCUT2D eigenvalue weighted by Gasteiger charge is 2.51. The van der Waals surface area contributed by atoms with Crippen LogP contribution in [0.2, 0.25) is 0 Å². The van der Waals surface area contributed by atoms with Crippen LogP contribution in [0.5, 0.6) is 0 Å². The van der Waals surface area contributed by atoms with Gasteiger partial charge in [-0.05, 0) is 81.4 Å². The number of nitriles is 1. The summed E-state index contributed by atoms with van der Waals surface area (Å²) in [6.07, 6.45) is 7.93. The van der Waals surface area contributed by atoms with Crippen LogP contribution in [0.25, 0.3) is 0 Å². The van der Waals surface area contributed by atoms with Gasteiger partial charge in [-0.25, -0.2) is 0 Å². The van der Waals surface area contributed by atoms with Crippen molar-refractivity contribution in [2.75, 3.05) is 5.32 Å². The Balaban J connectivity index is 1.41. The Kier molecular flexibility index (Phi) is 3.85. The topological polar surface area (TPSA) is 64.9 Å². The molecule has 4 aliphatic rings. The number of rotatable bonds is 4. The first kappa shape index (κ1) is 15.7. The molecule has 1 aromatic rings. The lowest BCUT2D eigenvalue weighted by atomic mass is 9.53. The van der Waals surface area contributed by atoms with E-state index in [4.69, 9.17) is 5.26 Å². The van der Waals surface area contributed by atoms with Crippen molar-refractivity contribution < 1.29 is 4.79 Å². The average Bonchev–Trinajstić information content (AvgIpc) is 2.53. The van der Waals surface area contributed by atoms with Crippen LogP contribution in [0.3, 0.4) is 0 Å². The minimum atomic E-state index is -0.216. The van der Waals surface area contributed by atoms with Crippen molar-refractivity contribution in [1.82, 2.24) is 5.32 Å². The molecule has 4 saturated carbocycles. The number of benzene rings is 1. The SMILES string of the molecule is C[C@@H](NC12CC3CC(CC(C3)C1)C2)C(=O)Nc1cccc(C#N)c1. The Hall–Kier alpha value is -1.86. The first-order valence-corrected chi connectivity index (χ1v) is 9.14. The molecule has 4 fully saturated rings. The number of hydrogen-bond acceptors (Lipinski definition) is 3. The van der Waals surface area contributed by atoms with Crippen molar-refractivity contribution in [1.29, 1.82) is 5.26 Å². The summed E-state index contributed by atoms with van der Waals surface area (Å²) in [5.41, 5.74) is 1.44. The Morgan fingerprint density at radius 2 is 1.83 bits per heavy atom. The van der Waals surface area contributed by atoms with E-state index in [9.17, 15) is 4.79 Å². The Labute approximate surface area is 143 Å². The summed E-state index contributed by atoms with van der Waals surface area (Å²) < 4.78 is 0. The summed E-state index contributed by atoms with van der Waals surface area (Å²) in [7, 11) is 0. The number of hydrogen-bond donors (Lipinski definition) is 2. The quantitative estimate of drug-likeness (QED) is 0.892. The summed E-state index contributed by atoms with van der Waals surface area (Å²) in [4.78, 5) is 12.6. The van der Waals surface area contributed by atoms with Gasteiger partial charge in [0.2, 0.25) is 5.91 Å². The number of nitrogens with one attached hydrogen (secondary N) is 2. The summed E-state index contributed by atoms with van der Waals surface area (Å²) in [5.74, 6) is 2.59. The molecule has 0 unspecified atom stereocenters. The van der Waals surface area contributed by atoms with Gasteiger partial charge < -0.3 is 10.6 Å². The van der Waals surface area contributed by atoms with Crippen LogP contribution in [0.15, 0.2) is 24.3 Å². The van der Waals surface area contributed by atoms with Crippen LogP contribution in [0.4, 0.5) is 5.69 Å². The van der Waals surface area contributed by atoms with Crippen molar-refractivity contribution >= 4 is 11.6 Å². The molecule has 24 heavy (non-hydrogen) atoms. The zero-order valence-electron chi connectivity index (χ0n) is 14.2. The predicted octanol–water partition coefficient (Wildman–Crippen LogP) is 3.44. The molecule has 2 N–H and O–H groups in total. The molecule has 4 bridgehead atoms. The van der Waals surface area contributed by atoms with Gasteiger partial charge in [-0.15, -0.1) is 0 Å². The Morgan fingerprint density at radius 3 is 2.42 bits per heavy atom. The van der Waals surface area contributed by atoms with Crippen LogP contribution >= 0.6 is 0 Å². The number of amides is 1. The fourth-order valence-corrected chi connectivity index (χ4v) is 5.73. The van der Waals surface area contributed by atoms with Crippen LogP contribution in [0, 0.1) is 29.1 Å². The molecule has 0 aromatic heterocycles. The van der Waals surface area contributed by atoms with Gasteiger partial charge in [-0.3, -0.25) is 4.79 Å². The van der Waals surface area contributed by atoms with Gasteiger partial charge in [0, 0.05) is 11.2 Å². The molecule has 4 nitrogen and oxygen atoms in total. The Bertz CT molecular complexity index is 655. The molecular formula is C20H25N3O. The zero-order chi connectivity index (χ0) is 16.7. The third-order valence-electron chi connectivity index (χ3n) is 6.21. The molecule has 4 aliphatic carbocycles. The van der Waals surface area contributed by atoms with E-state index in [1.165, 1.54) is 38.5 Å². The maximum Gasteiger partial charge on any atom is 0.241 e. The molecule has 1 amide bonds. The molecule has 0 radical (unpaired) electrons. The molecule has 0 aliphatic heterocycles. The van der Waals surface area contributed by atoms with E-state index in [-0.39, 0.29) is 17.5 Å². The maximum absolute atomic E-state index is 12.6. The van der Waals surface area contributed by atoms with Crippen molar-refractivity contribution in [3.63, 3.8) is 0 Å². The number of nitrogens with zero attached hydrogens (tertiary/aromatic N) is 1. The lowest BCUT2D eigenvalue weighted by Crippen LogP contribution is -2.62. The predicted molar refractivity (Wildman–Crippen MR) is 93.3 cm³/mol. The van der Waals surface area contributed by atoms with E-state index in [0.717, 1.165) is 17.8 Å². The van der Waals surface area contributed by atoms with E-state index in [0.29, 0.717) is 11.3 Å². The average molecular weight is 323 g/mol. The van der Waals surface area contributed by atoms with Gasteiger partial charge >= 0.3 is 0 Å². The highest BCUT2D eigenvalue weighted by atomic mass is 16.2. The molecule has 1 aromatic carbocycles. The smallest absolute Gasteiger partial charge is 0.241 e. The van der Waals surface area contributed by atoms with E-state index in [1.807, 2.05) is 13.0 Å². The van der Waals surface area contributed by atoms with Gasteiger partial charge in [-0.1, -0.05) is 6.07 Å². The second kappa shape index (κ2) is 5.89. The first-order chi connectivity index (χ1) is 11.5. The van der Waals surface area contributed by atoms with Crippen LogP contribution in [-0.2, 0) is 4.79 Å². The lowest BCUT2D eigenvalue weighted by Gasteiger charge is -2.57. The molecule has 126 valence electrons. The Morgan fingerprint density at radius 1 is 1.21 bits per heavy atom. The van der Waals surface area contributed by atoms with Crippen LogP contribution < -0.4 is 10.6 Å². The molecule has 0 heterocycles. The summed E-state index contributed by atoms with van der Waals surface area (Å²) in [5, 5.41) is 15.6. The largest absolute Gasteiger partial charge is 0.325 e. The minimum Gasteiger partial charge on any atom is -0.325 e.